The lowest BCUT2D eigenvalue weighted by atomic mass is 9.83. The zero-order valence-corrected chi connectivity index (χ0v) is 15.3. The summed E-state index contributed by atoms with van der Waals surface area (Å²) in [4.78, 5) is 28.0. The maximum Gasteiger partial charge on any atom is 0.168 e. The van der Waals surface area contributed by atoms with Crippen molar-refractivity contribution in [3.63, 3.8) is 0 Å². The lowest BCUT2D eigenvalue weighted by Gasteiger charge is -2.17. The molecule has 1 saturated heterocycles. The van der Waals surface area contributed by atoms with Crippen LogP contribution in [0.15, 0.2) is 48.5 Å². The molecule has 0 aromatic heterocycles. The molecule has 0 N–H and O–H groups in total. The Morgan fingerprint density at radius 3 is 1.42 bits per heavy atom. The summed E-state index contributed by atoms with van der Waals surface area (Å²) in [6.07, 6.45) is 0. The molecule has 0 bridgehead atoms. The largest absolute Gasteiger partial charge is 0.497 e. The highest BCUT2D eigenvalue weighted by Crippen LogP contribution is 2.30. The summed E-state index contributed by atoms with van der Waals surface area (Å²) in [6, 6.07) is 14.1. The Balaban J connectivity index is 1.82. The minimum absolute atomic E-state index is 0.00358. The molecule has 2 unspecified atom stereocenters. The van der Waals surface area contributed by atoms with Crippen molar-refractivity contribution >= 4 is 11.6 Å². The van der Waals surface area contributed by atoms with Crippen molar-refractivity contribution in [2.24, 2.45) is 11.8 Å². The van der Waals surface area contributed by atoms with Crippen molar-refractivity contribution in [3.05, 3.63) is 59.7 Å². The Morgan fingerprint density at radius 1 is 0.769 bits per heavy atom. The van der Waals surface area contributed by atoms with E-state index in [1.807, 2.05) is 11.9 Å². The molecule has 136 valence electrons. The summed E-state index contributed by atoms with van der Waals surface area (Å²) in [7, 11) is 5.12. The molecule has 0 saturated carbocycles. The normalized spacial score (nSPS) is 20.0. The first-order valence-corrected chi connectivity index (χ1v) is 8.58. The number of Topliss-reactive ketones (excluding diaryl/α,β-unsaturated/α-hetero) is 2. The van der Waals surface area contributed by atoms with E-state index in [0.717, 1.165) is 0 Å². The van der Waals surface area contributed by atoms with Gasteiger partial charge in [-0.2, -0.15) is 0 Å². The number of likely N-dealkylation sites (tertiary alicyclic amines) is 1. The Hall–Kier alpha value is -2.66. The molecule has 0 radical (unpaired) electrons. The third-order valence-electron chi connectivity index (χ3n) is 4.93. The van der Waals surface area contributed by atoms with E-state index >= 15 is 0 Å². The van der Waals surface area contributed by atoms with E-state index in [2.05, 4.69) is 0 Å². The second-order valence-corrected chi connectivity index (χ2v) is 6.62. The SMILES string of the molecule is COc1ccc(C(=O)C2CN(C)CC2C(=O)c2ccc(OC)cc2)cc1. The minimum Gasteiger partial charge on any atom is -0.497 e. The van der Waals surface area contributed by atoms with Gasteiger partial charge in [0.25, 0.3) is 0 Å². The molecular weight excluding hydrogens is 330 g/mol. The monoisotopic (exact) mass is 353 g/mol. The van der Waals surface area contributed by atoms with Gasteiger partial charge in [-0.05, 0) is 55.6 Å². The summed E-state index contributed by atoms with van der Waals surface area (Å²) in [5.41, 5.74) is 1.22. The Labute approximate surface area is 153 Å². The van der Waals surface area contributed by atoms with Crippen LogP contribution in [-0.2, 0) is 0 Å². The van der Waals surface area contributed by atoms with Gasteiger partial charge in [-0.25, -0.2) is 0 Å². The third kappa shape index (κ3) is 3.63. The molecule has 1 aliphatic rings. The predicted octanol–water partition coefficient (Wildman–Crippen LogP) is 2.95. The van der Waals surface area contributed by atoms with Gasteiger partial charge < -0.3 is 14.4 Å². The van der Waals surface area contributed by atoms with Crippen molar-refractivity contribution in [1.82, 2.24) is 4.90 Å². The van der Waals surface area contributed by atoms with Crippen molar-refractivity contribution < 1.29 is 19.1 Å². The molecule has 0 amide bonds. The van der Waals surface area contributed by atoms with Gasteiger partial charge in [-0.1, -0.05) is 0 Å². The molecule has 26 heavy (non-hydrogen) atoms. The number of nitrogens with zero attached hydrogens (tertiary/aromatic N) is 1. The second-order valence-electron chi connectivity index (χ2n) is 6.62. The fraction of sp³-hybridized carbons (Fsp3) is 0.333. The minimum atomic E-state index is -0.344. The maximum absolute atomic E-state index is 13.0. The number of ether oxygens (including phenoxy) is 2. The number of carbonyl (C=O) groups is 2. The molecule has 5 heteroatoms. The van der Waals surface area contributed by atoms with Crippen LogP contribution >= 0.6 is 0 Å². The predicted molar refractivity (Wildman–Crippen MR) is 99.1 cm³/mol. The third-order valence-corrected chi connectivity index (χ3v) is 4.93. The highest BCUT2D eigenvalue weighted by Gasteiger charge is 2.40. The molecule has 3 rings (SSSR count). The van der Waals surface area contributed by atoms with E-state index in [1.165, 1.54) is 0 Å². The molecule has 2 aromatic carbocycles. The average Bonchev–Trinajstić information content (AvgIpc) is 3.08. The fourth-order valence-corrected chi connectivity index (χ4v) is 3.47. The van der Waals surface area contributed by atoms with E-state index in [1.54, 1.807) is 62.8 Å². The maximum atomic E-state index is 13.0. The molecule has 5 nitrogen and oxygen atoms in total. The van der Waals surface area contributed by atoms with E-state index in [9.17, 15) is 9.59 Å². The van der Waals surface area contributed by atoms with Crippen LogP contribution in [0.5, 0.6) is 11.5 Å². The number of hydrogen-bond donors (Lipinski definition) is 0. The van der Waals surface area contributed by atoms with E-state index < -0.39 is 0 Å². The molecule has 1 heterocycles. The van der Waals surface area contributed by atoms with Gasteiger partial charge in [0.15, 0.2) is 11.6 Å². The van der Waals surface area contributed by atoms with Crippen LogP contribution in [0, 0.1) is 11.8 Å². The summed E-state index contributed by atoms with van der Waals surface area (Å²) in [5, 5.41) is 0. The average molecular weight is 353 g/mol. The fourth-order valence-electron chi connectivity index (χ4n) is 3.47. The summed E-state index contributed by atoms with van der Waals surface area (Å²) in [5.74, 6) is 0.727. The molecule has 2 aromatic rings. The number of rotatable bonds is 6. The van der Waals surface area contributed by atoms with Gasteiger partial charge in [-0.3, -0.25) is 9.59 Å². The van der Waals surface area contributed by atoms with Crippen LogP contribution < -0.4 is 9.47 Å². The van der Waals surface area contributed by atoms with Gasteiger partial charge in [-0.15, -0.1) is 0 Å². The van der Waals surface area contributed by atoms with Crippen LogP contribution in [0.4, 0.5) is 0 Å². The number of benzene rings is 2. The first kappa shape index (κ1) is 18.1. The number of hydrogen-bond acceptors (Lipinski definition) is 5. The summed E-state index contributed by atoms with van der Waals surface area (Å²) >= 11 is 0. The lowest BCUT2D eigenvalue weighted by molar-refractivity contribution is 0.0809. The number of methoxy groups -OCH3 is 2. The topological polar surface area (TPSA) is 55.8 Å². The quantitative estimate of drug-likeness (QED) is 0.748. The van der Waals surface area contributed by atoms with Crippen molar-refractivity contribution in [2.75, 3.05) is 34.4 Å². The zero-order chi connectivity index (χ0) is 18.7. The van der Waals surface area contributed by atoms with Gasteiger partial charge in [0, 0.05) is 36.1 Å². The van der Waals surface area contributed by atoms with E-state index in [4.69, 9.17) is 9.47 Å². The first-order chi connectivity index (χ1) is 12.5. The molecule has 2 atom stereocenters. The lowest BCUT2D eigenvalue weighted by Crippen LogP contribution is -2.29. The molecular formula is C21H23NO4. The van der Waals surface area contributed by atoms with Crippen LogP contribution in [-0.4, -0.2) is 50.8 Å². The number of ketones is 2. The molecule has 0 spiro atoms. The van der Waals surface area contributed by atoms with Crippen molar-refractivity contribution in [2.45, 2.75) is 0 Å². The first-order valence-electron chi connectivity index (χ1n) is 8.58. The molecule has 1 fully saturated rings. The van der Waals surface area contributed by atoms with Crippen LogP contribution in [0.3, 0.4) is 0 Å². The molecule has 1 aliphatic heterocycles. The summed E-state index contributed by atoms with van der Waals surface area (Å²) < 4.78 is 10.3. The van der Waals surface area contributed by atoms with Crippen LogP contribution in [0.25, 0.3) is 0 Å². The van der Waals surface area contributed by atoms with E-state index in [0.29, 0.717) is 35.7 Å². The van der Waals surface area contributed by atoms with Gasteiger partial charge in [0.2, 0.25) is 0 Å². The Morgan fingerprint density at radius 2 is 1.12 bits per heavy atom. The zero-order valence-electron chi connectivity index (χ0n) is 15.3. The summed E-state index contributed by atoms with van der Waals surface area (Å²) in [6.45, 7) is 1.16. The standard InChI is InChI=1S/C21H23NO4/c1-22-12-18(20(23)14-4-8-16(25-2)9-5-14)19(13-22)21(24)15-6-10-17(26-3)11-7-15/h4-11,18-19H,12-13H2,1-3H3. The Bertz CT molecular complexity index is 715. The van der Waals surface area contributed by atoms with Gasteiger partial charge in [0.05, 0.1) is 14.2 Å². The van der Waals surface area contributed by atoms with Gasteiger partial charge in [0.1, 0.15) is 11.5 Å². The second kappa shape index (κ2) is 7.70. The smallest absolute Gasteiger partial charge is 0.168 e. The van der Waals surface area contributed by atoms with Crippen LogP contribution in [0.2, 0.25) is 0 Å². The van der Waals surface area contributed by atoms with E-state index in [-0.39, 0.29) is 23.4 Å². The highest BCUT2D eigenvalue weighted by atomic mass is 16.5. The van der Waals surface area contributed by atoms with Crippen molar-refractivity contribution in [3.8, 4) is 11.5 Å². The van der Waals surface area contributed by atoms with Gasteiger partial charge >= 0.3 is 0 Å². The molecule has 0 aliphatic carbocycles. The van der Waals surface area contributed by atoms with Crippen LogP contribution in [0.1, 0.15) is 20.7 Å². The Kier molecular flexibility index (Phi) is 5.38. The highest BCUT2D eigenvalue weighted by molar-refractivity contribution is 6.05. The number of carbonyl (C=O) groups excluding carboxylic acids is 2. The van der Waals surface area contributed by atoms with Crippen molar-refractivity contribution in [1.29, 1.82) is 0 Å².